The van der Waals surface area contributed by atoms with Crippen LogP contribution >= 0.6 is 22.6 Å². The molecule has 0 atom stereocenters. The largest absolute Gasteiger partial charge is 0.461 e. The first-order valence-electron chi connectivity index (χ1n) is 3.94. The van der Waals surface area contributed by atoms with Crippen LogP contribution in [0.1, 0.15) is 23.0 Å². The summed E-state index contributed by atoms with van der Waals surface area (Å²) in [6.45, 7) is 4.10. The number of pyridine rings is 1. The van der Waals surface area contributed by atoms with Crippen LogP contribution in [-0.4, -0.2) is 17.6 Å². The first kappa shape index (κ1) is 10.4. The van der Waals surface area contributed by atoms with E-state index in [-0.39, 0.29) is 5.97 Å². The topological polar surface area (TPSA) is 39.2 Å². The van der Waals surface area contributed by atoms with E-state index in [4.69, 9.17) is 4.74 Å². The van der Waals surface area contributed by atoms with Crippen LogP contribution in [0.5, 0.6) is 0 Å². The van der Waals surface area contributed by atoms with Gasteiger partial charge in [-0.25, -0.2) is 9.78 Å². The zero-order valence-corrected chi connectivity index (χ0v) is 9.66. The molecule has 0 radical (unpaired) electrons. The molecule has 0 unspecified atom stereocenters. The molecule has 70 valence electrons. The first-order chi connectivity index (χ1) is 6.15. The van der Waals surface area contributed by atoms with Crippen molar-refractivity contribution in [3.8, 4) is 0 Å². The Labute approximate surface area is 90.6 Å². The van der Waals surface area contributed by atoms with Gasteiger partial charge in [0.05, 0.1) is 6.61 Å². The Morgan fingerprint density at radius 2 is 2.38 bits per heavy atom. The van der Waals surface area contributed by atoms with Crippen LogP contribution in [0.15, 0.2) is 12.3 Å². The van der Waals surface area contributed by atoms with Gasteiger partial charge >= 0.3 is 5.97 Å². The van der Waals surface area contributed by atoms with E-state index in [1.54, 1.807) is 19.2 Å². The number of nitrogens with zero attached hydrogens (tertiary/aromatic N) is 1. The summed E-state index contributed by atoms with van der Waals surface area (Å²) < 4.78 is 5.84. The van der Waals surface area contributed by atoms with Gasteiger partial charge in [-0.2, -0.15) is 0 Å². The Kier molecular flexibility index (Phi) is 3.65. The number of hydrogen-bond acceptors (Lipinski definition) is 3. The smallest absolute Gasteiger partial charge is 0.356 e. The minimum atomic E-state index is -0.361. The summed E-state index contributed by atoms with van der Waals surface area (Å²) in [4.78, 5) is 15.2. The fraction of sp³-hybridized carbons (Fsp3) is 0.333. The van der Waals surface area contributed by atoms with Crippen LogP contribution in [0.4, 0.5) is 0 Å². The summed E-state index contributed by atoms with van der Waals surface area (Å²) in [5.74, 6) is -0.361. The van der Waals surface area contributed by atoms with Gasteiger partial charge in [-0.15, -0.1) is 0 Å². The molecular formula is C9H10INO2. The number of halogens is 1. The van der Waals surface area contributed by atoms with Crippen molar-refractivity contribution >= 4 is 28.6 Å². The molecule has 1 rings (SSSR count). The summed E-state index contributed by atoms with van der Waals surface area (Å²) in [7, 11) is 0. The molecule has 13 heavy (non-hydrogen) atoms. The second kappa shape index (κ2) is 4.55. The Morgan fingerprint density at radius 1 is 1.69 bits per heavy atom. The van der Waals surface area contributed by atoms with Crippen molar-refractivity contribution in [1.29, 1.82) is 0 Å². The normalized spacial score (nSPS) is 9.77. The average molecular weight is 291 g/mol. The predicted molar refractivity (Wildman–Crippen MR) is 57.6 cm³/mol. The number of aryl methyl sites for hydroxylation is 1. The predicted octanol–water partition coefficient (Wildman–Crippen LogP) is 2.17. The number of hydrogen-bond donors (Lipinski definition) is 0. The Morgan fingerprint density at radius 3 is 2.92 bits per heavy atom. The molecule has 0 fully saturated rings. The molecular weight excluding hydrogens is 281 g/mol. The molecule has 0 bridgehead atoms. The first-order valence-corrected chi connectivity index (χ1v) is 5.02. The standard InChI is InChI=1S/C9H10INO2/c1-3-13-9(12)8-4-7(10)6(2)5-11-8/h4-5H,3H2,1-2H3. The summed E-state index contributed by atoms with van der Waals surface area (Å²) >= 11 is 2.16. The van der Waals surface area contributed by atoms with E-state index < -0.39 is 0 Å². The van der Waals surface area contributed by atoms with Crippen LogP contribution < -0.4 is 0 Å². The number of ether oxygens (including phenoxy) is 1. The third-order valence-electron chi connectivity index (χ3n) is 1.52. The molecule has 1 aromatic rings. The molecule has 3 nitrogen and oxygen atoms in total. The molecule has 0 N–H and O–H groups in total. The van der Waals surface area contributed by atoms with Crippen LogP contribution in [0.3, 0.4) is 0 Å². The third kappa shape index (κ3) is 2.65. The molecule has 0 saturated heterocycles. The zero-order chi connectivity index (χ0) is 9.84. The minimum Gasteiger partial charge on any atom is -0.461 e. The molecule has 0 aliphatic heterocycles. The molecule has 0 spiro atoms. The lowest BCUT2D eigenvalue weighted by atomic mass is 10.3. The van der Waals surface area contributed by atoms with Crippen molar-refractivity contribution in [3.63, 3.8) is 0 Å². The van der Waals surface area contributed by atoms with Crippen molar-refractivity contribution in [2.45, 2.75) is 13.8 Å². The van der Waals surface area contributed by atoms with E-state index in [2.05, 4.69) is 27.6 Å². The van der Waals surface area contributed by atoms with Gasteiger partial charge < -0.3 is 4.74 Å². The second-order valence-electron chi connectivity index (χ2n) is 2.54. The number of esters is 1. The Hall–Kier alpha value is -0.650. The lowest BCUT2D eigenvalue weighted by molar-refractivity contribution is 0.0519. The number of carbonyl (C=O) groups excluding carboxylic acids is 1. The van der Waals surface area contributed by atoms with Gasteiger partial charge in [0.2, 0.25) is 0 Å². The maximum absolute atomic E-state index is 11.2. The lowest BCUT2D eigenvalue weighted by Gasteiger charge is -2.02. The maximum atomic E-state index is 11.2. The van der Waals surface area contributed by atoms with Gasteiger partial charge in [0.1, 0.15) is 5.69 Å². The van der Waals surface area contributed by atoms with Gasteiger partial charge in [-0.1, -0.05) is 0 Å². The number of aromatic nitrogens is 1. The van der Waals surface area contributed by atoms with Crippen molar-refractivity contribution in [1.82, 2.24) is 4.98 Å². The van der Waals surface area contributed by atoms with E-state index >= 15 is 0 Å². The van der Waals surface area contributed by atoms with Crippen molar-refractivity contribution in [3.05, 3.63) is 27.1 Å². The average Bonchev–Trinajstić information content (AvgIpc) is 2.10. The monoisotopic (exact) mass is 291 g/mol. The molecule has 4 heteroatoms. The highest BCUT2D eigenvalue weighted by molar-refractivity contribution is 14.1. The molecule has 1 aromatic heterocycles. The third-order valence-corrected chi connectivity index (χ3v) is 2.68. The van der Waals surface area contributed by atoms with Gasteiger partial charge in [0.25, 0.3) is 0 Å². The maximum Gasteiger partial charge on any atom is 0.356 e. The SMILES string of the molecule is CCOC(=O)c1cc(I)c(C)cn1. The molecule has 0 aliphatic rings. The van der Waals surface area contributed by atoms with E-state index in [9.17, 15) is 4.79 Å². The van der Waals surface area contributed by atoms with Gasteiger partial charge in [-0.05, 0) is 48.1 Å². The molecule has 0 saturated carbocycles. The highest BCUT2D eigenvalue weighted by atomic mass is 127. The fourth-order valence-corrected chi connectivity index (χ4v) is 1.25. The summed E-state index contributed by atoms with van der Waals surface area (Å²) in [6.07, 6.45) is 1.67. The van der Waals surface area contributed by atoms with Crippen LogP contribution in [0.2, 0.25) is 0 Å². The van der Waals surface area contributed by atoms with Crippen LogP contribution in [0.25, 0.3) is 0 Å². The molecule has 0 aliphatic carbocycles. The van der Waals surface area contributed by atoms with Gasteiger partial charge in [-0.3, -0.25) is 0 Å². The molecule has 0 amide bonds. The highest BCUT2D eigenvalue weighted by Gasteiger charge is 2.08. The molecule has 1 heterocycles. The number of carbonyl (C=O) groups is 1. The van der Waals surface area contributed by atoms with E-state index in [1.165, 1.54) is 0 Å². The van der Waals surface area contributed by atoms with Gasteiger partial charge in [0, 0.05) is 9.77 Å². The lowest BCUT2D eigenvalue weighted by Crippen LogP contribution is -2.07. The van der Waals surface area contributed by atoms with Gasteiger partial charge in [0.15, 0.2) is 0 Å². The van der Waals surface area contributed by atoms with Crippen molar-refractivity contribution < 1.29 is 9.53 Å². The van der Waals surface area contributed by atoms with Crippen LogP contribution in [0, 0.1) is 10.5 Å². The van der Waals surface area contributed by atoms with Crippen molar-refractivity contribution in [2.75, 3.05) is 6.61 Å². The van der Waals surface area contributed by atoms with E-state index in [0.29, 0.717) is 12.3 Å². The quantitative estimate of drug-likeness (QED) is 0.619. The Bertz CT molecular complexity index is 325. The Balaban J connectivity index is 2.90. The summed E-state index contributed by atoms with van der Waals surface area (Å²) in [5, 5.41) is 0. The summed E-state index contributed by atoms with van der Waals surface area (Å²) in [6, 6.07) is 1.73. The van der Waals surface area contributed by atoms with Crippen LogP contribution in [-0.2, 0) is 4.74 Å². The van der Waals surface area contributed by atoms with E-state index in [1.807, 2.05) is 6.92 Å². The fourth-order valence-electron chi connectivity index (χ4n) is 0.816. The second-order valence-corrected chi connectivity index (χ2v) is 3.70. The number of rotatable bonds is 2. The highest BCUT2D eigenvalue weighted by Crippen LogP contribution is 2.11. The van der Waals surface area contributed by atoms with E-state index in [0.717, 1.165) is 9.13 Å². The zero-order valence-electron chi connectivity index (χ0n) is 7.50. The summed E-state index contributed by atoms with van der Waals surface area (Å²) in [5.41, 5.74) is 1.44. The molecule has 0 aromatic carbocycles. The minimum absolute atomic E-state index is 0.361. The van der Waals surface area contributed by atoms with Crippen molar-refractivity contribution in [2.24, 2.45) is 0 Å².